The van der Waals surface area contributed by atoms with Crippen LogP contribution in [0.1, 0.15) is 0 Å². The molecular formula is C28H16N2O2. The van der Waals surface area contributed by atoms with Crippen LogP contribution in [0.5, 0.6) is 0 Å². The topological polar surface area (TPSA) is 52.1 Å². The molecule has 3 aromatic rings. The molecule has 32 heavy (non-hydrogen) atoms. The maximum Gasteiger partial charge on any atom is 0.139 e. The molecule has 150 valence electrons. The maximum absolute atomic E-state index is 5.95. The molecule has 0 atom stereocenters. The molecule has 4 heterocycles. The van der Waals surface area contributed by atoms with E-state index in [-0.39, 0.29) is 0 Å². The molecule has 0 radical (unpaired) electrons. The molecule has 0 aliphatic carbocycles. The highest BCUT2D eigenvalue weighted by atomic mass is 16.3. The van der Waals surface area contributed by atoms with E-state index < -0.39 is 0 Å². The molecule has 0 fully saturated rings. The van der Waals surface area contributed by atoms with Crippen molar-refractivity contribution in [2.45, 2.75) is 0 Å². The van der Waals surface area contributed by atoms with Crippen LogP contribution in [0, 0.1) is 0 Å². The van der Waals surface area contributed by atoms with E-state index in [9.17, 15) is 0 Å². The van der Waals surface area contributed by atoms with Crippen molar-refractivity contribution >= 4 is 21.9 Å². The number of hydrogen-bond donors (Lipinski definition) is 0. The Labute approximate surface area is 183 Å². The fourth-order valence-electron chi connectivity index (χ4n) is 4.37. The summed E-state index contributed by atoms with van der Waals surface area (Å²) in [5.41, 5.74) is 9.29. The van der Waals surface area contributed by atoms with Gasteiger partial charge in [-0.25, -0.2) is 9.97 Å². The number of rotatable bonds is 2. The normalized spacial score (nSPS) is 11.8. The van der Waals surface area contributed by atoms with Gasteiger partial charge in [0.1, 0.15) is 23.7 Å². The molecule has 3 aromatic carbocycles. The standard InChI is InChI=1S/C28H16N2O2/c1-3-7-17(8-4-1)23-11-19-15-31-25-14-26-22(13-21(25)27(19)29-23)28-20(16-32-26)12-24(30-28)18-9-5-2-6-10-18/h1-16H. The molecule has 0 bridgehead atoms. The summed E-state index contributed by atoms with van der Waals surface area (Å²) in [6, 6.07) is 28.5. The van der Waals surface area contributed by atoms with Gasteiger partial charge in [0.15, 0.2) is 0 Å². The minimum absolute atomic E-state index is 0.737. The molecule has 4 aliphatic rings. The highest BCUT2D eigenvalue weighted by Crippen LogP contribution is 2.40. The average molecular weight is 412 g/mol. The fourth-order valence-corrected chi connectivity index (χ4v) is 4.37. The predicted molar refractivity (Wildman–Crippen MR) is 126 cm³/mol. The Morgan fingerprint density at radius 1 is 0.469 bits per heavy atom. The molecule has 4 heteroatoms. The minimum atomic E-state index is 0.737. The SMILES string of the molecule is c1ccc(-c2cc3coc4cc5occ6cc(-c7ccccc7)nc-6c5cc4c-3n2)cc1. The zero-order valence-corrected chi connectivity index (χ0v) is 16.9. The summed E-state index contributed by atoms with van der Waals surface area (Å²) in [6.45, 7) is 0. The fraction of sp³-hybridized carbons (Fsp3) is 0. The molecule has 0 saturated carbocycles. The lowest BCUT2D eigenvalue weighted by Crippen LogP contribution is -1.86. The van der Waals surface area contributed by atoms with Crippen molar-refractivity contribution in [2.24, 2.45) is 0 Å². The van der Waals surface area contributed by atoms with E-state index in [0.29, 0.717) is 0 Å². The van der Waals surface area contributed by atoms with Crippen LogP contribution < -0.4 is 0 Å². The molecule has 0 N–H and O–H groups in total. The first-order chi connectivity index (χ1) is 15.8. The van der Waals surface area contributed by atoms with E-state index in [4.69, 9.17) is 18.8 Å². The molecule has 0 saturated heterocycles. The second kappa shape index (κ2) is 6.53. The van der Waals surface area contributed by atoms with Gasteiger partial charge < -0.3 is 8.83 Å². The Kier molecular flexibility index (Phi) is 3.52. The Balaban J connectivity index is 1.48. The van der Waals surface area contributed by atoms with Gasteiger partial charge in [0.25, 0.3) is 0 Å². The Morgan fingerprint density at radius 3 is 1.41 bits per heavy atom. The van der Waals surface area contributed by atoms with Crippen LogP contribution in [0.2, 0.25) is 0 Å². The monoisotopic (exact) mass is 412 g/mol. The van der Waals surface area contributed by atoms with Crippen molar-refractivity contribution in [1.29, 1.82) is 0 Å². The van der Waals surface area contributed by atoms with Gasteiger partial charge >= 0.3 is 0 Å². The smallest absolute Gasteiger partial charge is 0.139 e. The third-order valence-corrected chi connectivity index (χ3v) is 5.95. The van der Waals surface area contributed by atoms with E-state index in [0.717, 1.165) is 67.0 Å². The van der Waals surface area contributed by atoms with E-state index >= 15 is 0 Å². The largest absolute Gasteiger partial charge is 0.463 e. The first-order valence-corrected chi connectivity index (χ1v) is 10.5. The summed E-state index contributed by atoms with van der Waals surface area (Å²) < 4.78 is 11.9. The van der Waals surface area contributed by atoms with Gasteiger partial charge in [0, 0.05) is 39.1 Å². The lowest BCUT2D eigenvalue weighted by Gasteiger charge is -2.07. The van der Waals surface area contributed by atoms with Crippen molar-refractivity contribution in [3.8, 4) is 45.0 Å². The lowest BCUT2D eigenvalue weighted by atomic mass is 10.0. The summed E-state index contributed by atoms with van der Waals surface area (Å²) >= 11 is 0. The van der Waals surface area contributed by atoms with Crippen molar-refractivity contribution < 1.29 is 8.83 Å². The van der Waals surface area contributed by atoms with Crippen LogP contribution in [0.15, 0.2) is 106 Å². The molecule has 0 spiro atoms. The van der Waals surface area contributed by atoms with Gasteiger partial charge in [-0.3, -0.25) is 0 Å². The molecule has 0 unspecified atom stereocenters. The van der Waals surface area contributed by atoms with Gasteiger partial charge in [0.2, 0.25) is 0 Å². The maximum atomic E-state index is 5.95. The minimum Gasteiger partial charge on any atom is -0.463 e. The number of hydrogen-bond acceptors (Lipinski definition) is 4. The average Bonchev–Trinajstić information content (AvgIpc) is 3.49. The van der Waals surface area contributed by atoms with Crippen molar-refractivity contribution in [3.63, 3.8) is 0 Å². The quantitative estimate of drug-likeness (QED) is 0.276. The van der Waals surface area contributed by atoms with Crippen LogP contribution in [0.4, 0.5) is 0 Å². The molecule has 0 aromatic heterocycles. The van der Waals surface area contributed by atoms with Crippen molar-refractivity contribution in [1.82, 2.24) is 9.97 Å². The lowest BCUT2D eigenvalue weighted by molar-refractivity contribution is 0.593. The van der Waals surface area contributed by atoms with E-state index in [2.05, 4.69) is 42.5 Å². The van der Waals surface area contributed by atoms with Crippen molar-refractivity contribution in [3.05, 3.63) is 97.5 Å². The van der Waals surface area contributed by atoms with Crippen LogP contribution in [0.3, 0.4) is 0 Å². The van der Waals surface area contributed by atoms with Gasteiger partial charge in [-0.05, 0) is 18.2 Å². The van der Waals surface area contributed by atoms with E-state index in [1.54, 1.807) is 12.5 Å². The van der Waals surface area contributed by atoms with Crippen LogP contribution >= 0.6 is 0 Å². The van der Waals surface area contributed by atoms with E-state index in [1.165, 1.54) is 0 Å². The summed E-state index contributed by atoms with van der Waals surface area (Å²) in [5, 5.41) is 1.90. The zero-order chi connectivity index (χ0) is 21.1. The Morgan fingerprint density at radius 2 is 0.938 bits per heavy atom. The number of nitrogens with zero attached hydrogens (tertiary/aromatic N) is 2. The highest BCUT2D eigenvalue weighted by Gasteiger charge is 2.20. The predicted octanol–water partition coefficient (Wildman–Crippen LogP) is 7.51. The Hall–Kier alpha value is -4.44. The molecular weight excluding hydrogens is 396 g/mol. The Bertz CT molecular complexity index is 1540. The summed E-state index contributed by atoms with van der Waals surface area (Å²) in [7, 11) is 0. The summed E-state index contributed by atoms with van der Waals surface area (Å²) in [6.07, 6.45) is 3.52. The third kappa shape index (κ3) is 2.56. The van der Waals surface area contributed by atoms with E-state index in [1.807, 2.05) is 42.5 Å². The van der Waals surface area contributed by atoms with Crippen LogP contribution in [-0.4, -0.2) is 9.97 Å². The summed E-state index contributed by atoms with van der Waals surface area (Å²) in [4.78, 5) is 9.88. The third-order valence-electron chi connectivity index (χ3n) is 5.95. The summed E-state index contributed by atoms with van der Waals surface area (Å²) in [5.74, 6) is 0. The second-order valence-electron chi connectivity index (χ2n) is 7.94. The van der Waals surface area contributed by atoms with Gasteiger partial charge in [-0.2, -0.15) is 0 Å². The molecule has 4 aliphatic heterocycles. The van der Waals surface area contributed by atoms with Crippen LogP contribution in [-0.2, 0) is 0 Å². The van der Waals surface area contributed by atoms with Crippen LogP contribution in [0.25, 0.3) is 67.0 Å². The van der Waals surface area contributed by atoms with Gasteiger partial charge in [-0.15, -0.1) is 0 Å². The zero-order valence-electron chi connectivity index (χ0n) is 16.9. The number of benzene rings is 3. The molecule has 0 amide bonds. The van der Waals surface area contributed by atoms with Gasteiger partial charge in [-0.1, -0.05) is 60.7 Å². The highest BCUT2D eigenvalue weighted by molar-refractivity contribution is 6.05. The van der Waals surface area contributed by atoms with Gasteiger partial charge in [0.05, 0.1) is 22.8 Å². The number of fused-ring (bicyclic) bond motifs is 6. The molecule has 4 nitrogen and oxygen atoms in total. The first-order valence-electron chi connectivity index (χ1n) is 10.5. The van der Waals surface area contributed by atoms with Crippen molar-refractivity contribution in [2.75, 3.05) is 0 Å². The first kappa shape index (κ1) is 17.3. The second-order valence-corrected chi connectivity index (χ2v) is 7.94. The number of aromatic nitrogens is 2. The molecule has 7 rings (SSSR count).